The maximum atomic E-state index is 12.2. The van der Waals surface area contributed by atoms with E-state index in [1.54, 1.807) is 17.4 Å². The van der Waals surface area contributed by atoms with E-state index in [0.29, 0.717) is 18.4 Å². The lowest BCUT2D eigenvalue weighted by molar-refractivity contribution is -0.151. The SMILES string of the molecule is CCOC(=O)C1C2CCC1CN(c1nc(-c3ccccc3O)cs1)C2. The normalized spacial score (nSPS) is 25.2. The van der Waals surface area contributed by atoms with Gasteiger partial charge in [0.1, 0.15) is 5.75 Å². The number of thiazole rings is 1. The van der Waals surface area contributed by atoms with Crippen molar-refractivity contribution in [1.82, 2.24) is 4.98 Å². The molecule has 2 heterocycles. The third-order valence-corrected chi connectivity index (χ3v) is 6.24. The molecule has 1 N–H and O–H groups in total. The molecule has 25 heavy (non-hydrogen) atoms. The number of anilines is 1. The molecule has 2 aliphatic rings. The monoisotopic (exact) mass is 358 g/mol. The van der Waals surface area contributed by atoms with Crippen LogP contribution in [0.15, 0.2) is 29.6 Å². The van der Waals surface area contributed by atoms with Crippen LogP contribution in [0.4, 0.5) is 5.13 Å². The first-order valence-corrected chi connectivity index (χ1v) is 9.70. The molecule has 0 spiro atoms. The molecule has 1 aliphatic heterocycles. The third kappa shape index (κ3) is 2.99. The number of phenols is 1. The maximum Gasteiger partial charge on any atom is 0.309 e. The number of fused-ring (bicyclic) bond motifs is 2. The lowest BCUT2D eigenvalue weighted by Gasteiger charge is -2.36. The molecule has 4 rings (SSSR count). The number of phenolic OH excluding ortho intramolecular Hbond substituents is 1. The van der Waals surface area contributed by atoms with Gasteiger partial charge < -0.3 is 14.7 Å². The molecule has 1 saturated carbocycles. The van der Waals surface area contributed by atoms with Crippen molar-refractivity contribution in [2.24, 2.45) is 17.8 Å². The molecule has 6 heteroatoms. The van der Waals surface area contributed by atoms with E-state index in [9.17, 15) is 9.90 Å². The van der Waals surface area contributed by atoms with Crippen molar-refractivity contribution >= 4 is 22.4 Å². The molecular formula is C19H22N2O3S. The predicted molar refractivity (Wildman–Crippen MR) is 97.8 cm³/mol. The molecule has 2 bridgehead atoms. The van der Waals surface area contributed by atoms with E-state index in [-0.39, 0.29) is 17.6 Å². The fourth-order valence-corrected chi connectivity index (χ4v) is 5.07. The second kappa shape index (κ2) is 6.67. The number of nitrogens with zero attached hydrogens (tertiary/aromatic N) is 2. The lowest BCUT2D eigenvalue weighted by atomic mass is 9.85. The summed E-state index contributed by atoms with van der Waals surface area (Å²) in [6.07, 6.45) is 2.17. The molecule has 2 atom stereocenters. The van der Waals surface area contributed by atoms with Crippen molar-refractivity contribution in [1.29, 1.82) is 0 Å². The first-order valence-electron chi connectivity index (χ1n) is 8.83. The van der Waals surface area contributed by atoms with Gasteiger partial charge in [0, 0.05) is 24.0 Å². The van der Waals surface area contributed by atoms with E-state index in [1.807, 2.05) is 30.5 Å². The van der Waals surface area contributed by atoms with Crippen molar-refractivity contribution in [3.05, 3.63) is 29.6 Å². The van der Waals surface area contributed by atoms with Gasteiger partial charge in [-0.1, -0.05) is 12.1 Å². The molecule has 1 aromatic carbocycles. The third-order valence-electron chi connectivity index (χ3n) is 5.34. The predicted octanol–water partition coefficient (Wildman–Crippen LogP) is 3.54. The first-order chi connectivity index (χ1) is 12.2. The zero-order valence-electron chi connectivity index (χ0n) is 14.2. The van der Waals surface area contributed by atoms with Gasteiger partial charge in [-0.15, -0.1) is 11.3 Å². The summed E-state index contributed by atoms with van der Waals surface area (Å²) in [6, 6.07) is 7.27. The first kappa shape index (κ1) is 16.4. The number of aromatic hydroxyl groups is 1. The number of carbonyl (C=O) groups excluding carboxylic acids is 1. The van der Waals surface area contributed by atoms with Crippen LogP contribution in [0.1, 0.15) is 19.8 Å². The Balaban J connectivity index is 1.52. The van der Waals surface area contributed by atoms with Crippen molar-refractivity contribution in [2.45, 2.75) is 19.8 Å². The molecule has 2 fully saturated rings. The average Bonchev–Trinajstić information content (AvgIpc) is 3.19. The highest BCUT2D eigenvalue weighted by molar-refractivity contribution is 7.14. The van der Waals surface area contributed by atoms with Crippen molar-refractivity contribution in [3.8, 4) is 17.0 Å². The van der Waals surface area contributed by atoms with Crippen LogP contribution >= 0.6 is 11.3 Å². The van der Waals surface area contributed by atoms with Gasteiger partial charge in [-0.2, -0.15) is 0 Å². The molecule has 2 aromatic rings. The fourth-order valence-electron chi connectivity index (χ4n) is 4.23. The van der Waals surface area contributed by atoms with Gasteiger partial charge >= 0.3 is 5.97 Å². The van der Waals surface area contributed by atoms with Gasteiger partial charge in [0.2, 0.25) is 0 Å². The van der Waals surface area contributed by atoms with E-state index in [4.69, 9.17) is 9.72 Å². The summed E-state index contributed by atoms with van der Waals surface area (Å²) >= 11 is 1.60. The second-order valence-corrected chi connectivity index (χ2v) is 7.65. The van der Waals surface area contributed by atoms with Gasteiger partial charge in [-0.25, -0.2) is 4.98 Å². The minimum atomic E-state index is -0.0244. The Hall–Kier alpha value is -2.08. The number of hydrogen-bond acceptors (Lipinski definition) is 6. The lowest BCUT2D eigenvalue weighted by Crippen LogP contribution is -2.45. The number of hydrogen-bond donors (Lipinski definition) is 1. The Labute approximate surface area is 151 Å². The van der Waals surface area contributed by atoms with Crippen LogP contribution < -0.4 is 4.90 Å². The zero-order valence-corrected chi connectivity index (χ0v) is 15.0. The topological polar surface area (TPSA) is 62.7 Å². The number of piperidine rings is 1. The summed E-state index contributed by atoms with van der Waals surface area (Å²) < 4.78 is 5.28. The van der Waals surface area contributed by atoms with Crippen molar-refractivity contribution in [3.63, 3.8) is 0 Å². The highest BCUT2D eigenvalue weighted by atomic mass is 32.1. The summed E-state index contributed by atoms with van der Waals surface area (Å²) in [5, 5.41) is 13.0. The summed E-state index contributed by atoms with van der Waals surface area (Å²) in [6.45, 7) is 4.03. The van der Waals surface area contributed by atoms with Crippen LogP contribution in [0.25, 0.3) is 11.3 Å². The molecule has 1 aromatic heterocycles. The minimum absolute atomic E-state index is 0.0244. The summed E-state index contributed by atoms with van der Waals surface area (Å²) in [5.74, 6) is 0.989. The van der Waals surface area contributed by atoms with E-state index >= 15 is 0 Å². The number of rotatable bonds is 4. The summed E-state index contributed by atoms with van der Waals surface area (Å²) in [7, 11) is 0. The van der Waals surface area contributed by atoms with Crippen LogP contribution in [-0.4, -0.2) is 35.8 Å². The number of para-hydroxylation sites is 1. The molecule has 2 unspecified atom stereocenters. The number of carbonyl (C=O) groups is 1. The van der Waals surface area contributed by atoms with Crippen LogP contribution in [0.2, 0.25) is 0 Å². The van der Waals surface area contributed by atoms with E-state index in [0.717, 1.165) is 42.3 Å². The number of benzene rings is 1. The Bertz CT molecular complexity index is 762. The fraction of sp³-hybridized carbons (Fsp3) is 0.474. The van der Waals surface area contributed by atoms with Gasteiger partial charge in [-0.05, 0) is 43.7 Å². The molecule has 5 nitrogen and oxygen atoms in total. The highest BCUT2D eigenvalue weighted by Gasteiger charge is 2.47. The molecule has 1 aliphatic carbocycles. The van der Waals surface area contributed by atoms with Gasteiger partial charge in [0.15, 0.2) is 5.13 Å². The van der Waals surface area contributed by atoms with Crippen LogP contribution in [0.3, 0.4) is 0 Å². The van der Waals surface area contributed by atoms with Crippen LogP contribution in [0.5, 0.6) is 5.75 Å². The quantitative estimate of drug-likeness (QED) is 0.847. The van der Waals surface area contributed by atoms with Gasteiger partial charge in [0.25, 0.3) is 0 Å². The average molecular weight is 358 g/mol. The summed E-state index contributed by atoms with van der Waals surface area (Å²) in [4.78, 5) is 19.3. The van der Waals surface area contributed by atoms with Gasteiger partial charge in [-0.3, -0.25) is 4.79 Å². The molecule has 0 radical (unpaired) electrons. The second-order valence-electron chi connectivity index (χ2n) is 6.81. The van der Waals surface area contributed by atoms with Crippen molar-refractivity contribution in [2.75, 3.05) is 24.6 Å². The molecule has 0 amide bonds. The largest absolute Gasteiger partial charge is 0.507 e. The van der Waals surface area contributed by atoms with E-state index in [1.165, 1.54) is 0 Å². The Morgan fingerprint density at radius 3 is 2.72 bits per heavy atom. The zero-order chi connectivity index (χ0) is 17.4. The minimum Gasteiger partial charge on any atom is -0.507 e. The Morgan fingerprint density at radius 1 is 1.32 bits per heavy atom. The maximum absolute atomic E-state index is 12.2. The van der Waals surface area contributed by atoms with Crippen molar-refractivity contribution < 1.29 is 14.6 Å². The van der Waals surface area contributed by atoms with Gasteiger partial charge in [0.05, 0.1) is 18.2 Å². The van der Waals surface area contributed by atoms with E-state index < -0.39 is 0 Å². The molecular weight excluding hydrogens is 336 g/mol. The number of ether oxygens (including phenoxy) is 1. The Morgan fingerprint density at radius 2 is 2.04 bits per heavy atom. The Kier molecular flexibility index (Phi) is 4.37. The van der Waals surface area contributed by atoms with E-state index in [2.05, 4.69) is 4.90 Å². The number of aromatic nitrogens is 1. The number of esters is 1. The smallest absolute Gasteiger partial charge is 0.309 e. The molecule has 1 saturated heterocycles. The summed E-state index contributed by atoms with van der Waals surface area (Å²) in [5.41, 5.74) is 1.56. The highest BCUT2D eigenvalue weighted by Crippen LogP contribution is 2.44. The van der Waals surface area contributed by atoms with Crippen LogP contribution in [0, 0.1) is 17.8 Å². The standard InChI is InChI=1S/C19H22N2O3S/c1-2-24-18(23)17-12-7-8-13(17)10-21(9-12)19-20-15(11-25-19)14-5-3-4-6-16(14)22/h3-6,11-13,17,22H,2,7-10H2,1H3. The van der Waals surface area contributed by atoms with Crippen LogP contribution in [-0.2, 0) is 9.53 Å². The molecule has 132 valence electrons.